The van der Waals surface area contributed by atoms with Gasteiger partial charge in [-0.15, -0.1) is 0 Å². The summed E-state index contributed by atoms with van der Waals surface area (Å²) in [5, 5.41) is 20.7. The van der Waals surface area contributed by atoms with Gasteiger partial charge in [0.15, 0.2) is 11.5 Å². The van der Waals surface area contributed by atoms with E-state index in [0.29, 0.717) is 29.3 Å². The second-order valence-electron chi connectivity index (χ2n) is 6.15. The Kier molecular flexibility index (Phi) is 6.13. The first kappa shape index (κ1) is 19.9. The van der Waals surface area contributed by atoms with Gasteiger partial charge in [0.25, 0.3) is 5.91 Å². The van der Waals surface area contributed by atoms with E-state index in [1.807, 2.05) is 31.2 Å². The number of hydrogen-bond donors (Lipinski definition) is 3. The predicted octanol–water partition coefficient (Wildman–Crippen LogP) is 3.34. The average molecular weight is 394 g/mol. The van der Waals surface area contributed by atoms with E-state index in [9.17, 15) is 9.90 Å². The number of hydrazone groups is 1. The highest BCUT2D eigenvalue weighted by Gasteiger charge is 2.12. The molecule has 1 aromatic heterocycles. The van der Waals surface area contributed by atoms with E-state index in [-0.39, 0.29) is 11.4 Å². The van der Waals surface area contributed by atoms with Gasteiger partial charge >= 0.3 is 0 Å². The lowest BCUT2D eigenvalue weighted by Crippen LogP contribution is -2.19. The van der Waals surface area contributed by atoms with Crippen molar-refractivity contribution < 1.29 is 19.4 Å². The number of nitrogens with zero attached hydrogens (tertiary/aromatic N) is 2. The Hall–Kier alpha value is -3.81. The second kappa shape index (κ2) is 8.92. The van der Waals surface area contributed by atoms with Gasteiger partial charge in [0, 0.05) is 11.1 Å². The fraction of sp³-hybridized carbons (Fsp3) is 0.190. The first-order chi connectivity index (χ1) is 14.0. The number of phenolic OH excluding ortho intramolecular Hbond substituents is 1. The number of H-pyrrole nitrogens is 1. The van der Waals surface area contributed by atoms with Crippen LogP contribution < -0.4 is 14.9 Å². The number of carbonyl (C=O) groups excluding carboxylic acids is 1. The van der Waals surface area contributed by atoms with E-state index in [0.717, 1.165) is 11.3 Å². The van der Waals surface area contributed by atoms with Crippen LogP contribution in [0, 0.1) is 0 Å². The highest BCUT2D eigenvalue weighted by molar-refractivity contribution is 6.01. The van der Waals surface area contributed by atoms with Crippen molar-refractivity contribution in [2.24, 2.45) is 5.10 Å². The first-order valence-electron chi connectivity index (χ1n) is 9.02. The molecule has 3 aromatic rings. The number of rotatable bonds is 7. The fourth-order valence-electron chi connectivity index (χ4n) is 2.66. The summed E-state index contributed by atoms with van der Waals surface area (Å²) in [5.74, 6) is 0.681. The average Bonchev–Trinajstić information content (AvgIpc) is 3.23. The van der Waals surface area contributed by atoms with Crippen molar-refractivity contribution in [3.8, 4) is 28.5 Å². The molecule has 0 saturated heterocycles. The Bertz CT molecular complexity index is 1040. The van der Waals surface area contributed by atoms with Gasteiger partial charge in [0.2, 0.25) is 0 Å². The molecule has 1 amide bonds. The van der Waals surface area contributed by atoms with Crippen molar-refractivity contribution in [2.75, 3.05) is 13.7 Å². The van der Waals surface area contributed by atoms with Crippen LogP contribution in [0.3, 0.4) is 0 Å². The number of aromatic amines is 1. The zero-order valence-corrected chi connectivity index (χ0v) is 16.4. The molecule has 8 nitrogen and oxygen atoms in total. The second-order valence-corrected chi connectivity index (χ2v) is 6.15. The lowest BCUT2D eigenvalue weighted by atomic mass is 10.1. The molecule has 0 atom stereocenters. The normalized spacial score (nSPS) is 11.2. The maximum Gasteiger partial charge on any atom is 0.289 e. The summed E-state index contributed by atoms with van der Waals surface area (Å²) in [6.45, 7) is 4.23. The van der Waals surface area contributed by atoms with Gasteiger partial charge in [-0.3, -0.25) is 9.89 Å². The minimum absolute atomic E-state index is 0.0338. The molecule has 0 aliphatic rings. The molecule has 3 N–H and O–H groups in total. The van der Waals surface area contributed by atoms with Crippen LogP contribution in [0.4, 0.5) is 0 Å². The SMILES string of the molecule is CCOc1cccc(-c2cc(C(=O)NN=C(C)c3ccc(O)c(OC)c3)[nH]n2)c1. The third-order valence-electron chi connectivity index (χ3n) is 4.19. The van der Waals surface area contributed by atoms with E-state index >= 15 is 0 Å². The number of aromatic nitrogens is 2. The predicted molar refractivity (Wildman–Crippen MR) is 110 cm³/mol. The summed E-state index contributed by atoms with van der Waals surface area (Å²) in [5.41, 5.74) is 5.50. The molecule has 0 unspecified atom stereocenters. The maximum absolute atomic E-state index is 12.4. The third-order valence-corrected chi connectivity index (χ3v) is 4.19. The van der Waals surface area contributed by atoms with Crippen LogP contribution in [-0.2, 0) is 0 Å². The number of carbonyl (C=O) groups is 1. The number of phenols is 1. The van der Waals surface area contributed by atoms with Crippen molar-refractivity contribution in [3.05, 3.63) is 59.8 Å². The Morgan fingerprint density at radius 2 is 2.07 bits per heavy atom. The van der Waals surface area contributed by atoms with Gasteiger partial charge in [0.1, 0.15) is 11.4 Å². The van der Waals surface area contributed by atoms with E-state index in [1.54, 1.807) is 25.1 Å². The fourth-order valence-corrected chi connectivity index (χ4v) is 2.66. The minimum Gasteiger partial charge on any atom is -0.504 e. The molecule has 0 saturated carbocycles. The Morgan fingerprint density at radius 3 is 2.83 bits per heavy atom. The minimum atomic E-state index is -0.421. The molecular weight excluding hydrogens is 372 g/mol. The van der Waals surface area contributed by atoms with Crippen molar-refractivity contribution >= 4 is 11.6 Å². The molecule has 8 heteroatoms. The first-order valence-corrected chi connectivity index (χ1v) is 9.02. The third kappa shape index (κ3) is 4.73. The van der Waals surface area contributed by atoms with E-state index in [2.05, 4.69) is 20.7 Å². The summed E-state index contributed by atoms with van der Waals surface area (Å²) in [7, 11) is 1.47. The summed E-state index contributed by atoms with van der Waals surface area (Å²) < 4.78 is 10.6. The van der Waals surface area contributed by atoms with Gasteiger partial charge in [-0.05, 0) is 50.2 Å². The molecule has 0 radical (unpaired) electrons. The van der Waals surface area contributed by atoms with Crippen LogP contribution in [0.15, 0.2) is 53.6 Å². The van der Waals surface area contributed by atoms with Crippen LogP contribution in [-0.4, -0.2) is 40.6 Å². The van der Waals surface area contributed by atoms with Crippen LogP contribution in [0.25, 0.3) is 11.3 Å². The standard InChI is InChI=1S/C21H22N4O4/c1-4-29-16-7-5-6-15(10-16)17-12-18(24-23-17)21(27)25-22-13(2)14-8-9-19(26)20(11-14)28-3/h5-12,26H,4H2,1-3H3,(H,23,24)(H,25,27). The number of benzene rings is 2. The number of ether oxygens (including phenoxy) is 2. The molecule has 0 fully saturated rings. The molecule has 29 heavy (non-hydrogen) atoms. The number of hydrogen-bond acceptors (Lipinski definition) is 6. The topological polar surface area (TPSA) is 109 Å². The molecule has 1 heterocycles. The van der Waals surface area contributed by atoms with Crippen LogP contribution in [0.2, 0.25) is 0 Å². The zero-order valence-electron chi connectivity index (χ0n) is 16.4. The summed E-state index contributed by atoms with van der Waals surface area (Å²) >= 11 is 0. The van der Waals surface area contributed by atoms with Gasteiger partial charge in [-0.2, -0.15) is 10.2 Å². The van der Waals surface area contributed by atoms with Gasteiger partial charge < -0.3 is 14.6 Å². The Morgan fingerprint density at radius 1 is 1.24 bits per heavy atom. The molecule has 0 bridgehead atoms. The molecule has 0 aliphatic carbocycles. The van der Waals surface area contributed by atoms with Crippen molar-refractivity contribution in [1.82, 2.24) is 15.6 Å². The van der Waals surface area contributed by atoms with Crippen LogP contribution >= 0.6 is 0 Å². The number of amides is 1. The maximum atomic E-state index is 12.4. The lowest BCUT2D eigenvalue weighted by Gasteiger charge is -2.06. The highest BCUT2D eigenvalue weighted by Crippen LogP contribution is 2.26. The number of nitrogens with one attached hydrogen (secondary N) is 2. The van der Waals surface area contributed by atoms with E-state index in [1.165, 1.54) is 13.2 Å². The lowest BCUT2D eigenvalue weighted by molar-refractivity contribution is 0.0950. The Labute approximate surface area is 168 Å². The zero-order chi connectivity index (χ0) is 20.8. The molecule has 2 aromatic carbocycles. The van der Waals surface area contributed by atoms with Gasteiger partial charge in [0.05, 0.1) is 25.1 Å². The largest absolute Gasteiger partial charge is 0.504 e. The molecule has 3 rings (SSSR count). The quantitative estimate of drug-likeness (QED) is 0.421. The summed E-state index contributed by atoms with van der Waals surface area (Å²) in [6, 6.07) is 14.0. The Balaban J connectivity index is 1.72. The molecular formula is C21H22N4O4. The molecule has 150 valence electrons. The van der Waals surface area contributed by atoms with Crippen molar-refractivity contribution in [1.29, 1.82) is 0 Å². The smallest absolute Gasteiger partial charge is 0.289 e. The van der Waals surface area contributed by atoms with Gasteiger partial charge in [-0.1, -0.05) is 12.1 Å². The van der Waals surface area contributed by atoms with Crippen molar-refractivity contribution in [3.63, 3.8) is 0 Å². The molecule has 0 spiro atoms. The van der Waals surface area contributed by atoms with Crippen molar-refractivity contribution in [2.45, 2.75) is 13.8 Å². The van der Waals surface area contributed by atoms with Crippen LogP contribution in [0.5, 0.6) is 17.2 Å². The molecule has 0 aliphatic heterocycles. The summed E-state index contributed by atoms with van der Waals surface area (Å²) in [4.78, 5) is 12.4. The number of methoxy groups -OCH3 is 1. The monoisotopic (exact) mass is 394 g/mol. The number of aromatic hydroxyl groups is 1. The van der Waals surface area contributed by atoms with Crippen LogP contribution in [0.1, 0.15) is 29.9 Å². The summed E-state index contributed by atoms with van der Waals surface area (Å²) in [6.07, 6.45) is 0. The van der Waals surface area contributed by atoms with Gasteiger partial charge in [-0.25, -0.2) is 5.43 Å². The van der Waals surface area contributed by atoms with E-state index < -0.39 is 5.91 Å². The van der Waals surface area contributed by atoms with E-state index in [4.69, 9.17) is 9.47 Å². The highest BCUT2D eigenvalue weighted by atomic mass is 16.5.